The zero-order valence-corrected chi connectivity index (χ0v) is 12.3. The van der Waals surface area contributed by atoms with Gasteiger partial charge in [-0.2, -0.15) is 5.26 Å². The molecule has 1 fully saturated rings. The number of nitrogen functional groups attached to an aromatic ring is 1. The molecule has 0 bridgehead atoms. The Morgan fingerprint density at radius 3 is 2.90 bits per heavy atom. The highest BCUT2D eigenvalue weighted by Gasteiger charge is 2.32. The first-order valence-electron chi connectivity index (χ1n) is 7.35. The lowest BCUT2D eigenvalue weighted by Gasteiger charge is -2.21. The third-order valence-corrected chi connectivity index (χ3v) is 3.49. The minimum atomic E-state index is -0.0380. The summed E-state index contributed by atoms with van der Waals surface area (Å²) in [4.78, 5) is 18.8. The fourth-order valence-corrected chi connectivity index (χ4v) is 2.34. The molecule has 0 radical (unpaired) electrons. The standard InChI is InChI=1S/C15H21N5O/c1-2-4-12-9-11(10-14(18-12)19-17)15(21)20(8-3-7-16)13-5-6-13/h9-10,13H,2-6,8,17H2,1H3,(H,18,19). The number of pyridine rings is 1. The van der Waals surface area contributed by atoms with Crippen LogP contribution in [0.15, 0.2) is 12.1 Å². The van der Waals surface area contributed by atoms with Gasteiger partial charge < -0.3 is 10.3 Å². The molecule has 0 saturated heterocycles. The summed E-state index contributed by atoms with van der Waals surface area (Å²) in [6.45, 7) is 2.55. The molecule has 1 saturated carbocycles. The second kappa shape index (κ2) is 7.04. The van der Waals surface area contributed by atoms with Crippen LogP contribution in [-0.2, 0) is 6.42 Å². The van der Waals surface area contributed by atoms with Gasteiger partial charge in [0.1, 0.15) is 5.82 Å². The number of rotatable bonds is 7. The average molecular weight is 287 g/mol. The van der Waals surface area contributed by atoms with Crippen molar-refractivity contribution in [2.45, 2.75) is 45.1 Å². The van der Waals surface area contributed by atoms with Crippen LogP contribution in [0.5, 0.6) is 0 Å². The van der Waals surface area contributed by atoms with Gasteiger partial charge in [-0.25, -0.2) is 10.8 Å². The summed E-state index contributed by atoms with van der Waals surface area (Å²) in [5.74, 6) is 5.89. The second-order valence-electron chi connectivity index (χ2n) is 5.26. The number of carbonyl (C=O) groups excluding carboxylic acids is 1. The van der Waals surface area contributed by atoms with Crippen LogP contribution in [-0.4, -0.2) is 28.4 Å². The predicted molar refractivity (Wildman–Crippen MR) is 80.3 cm³/mol. The molecule has 6 nitrogen and oxygen atoms in total. The third-order valence-electron chi connectivity index (χ3n) is 3.49. The summed E-state index contributed by atoms with van der Waals surface area (Å²) in [6.07, 6.45) is 4.15. The van der Waals surface area contributed by atoms with Crippen LogP contribution in [0, 0.1) is 11.3 Å². The average Bonchev–Trinajstić information content (AvgIpc) is 3.32. The number of carbonyl (C=O) groups is 1. The molecule has 2 rings (SSSR count). The maximum absolute atomic E-state index is 12.7. The highest BCUT2D eigenvalue weighted by atomic mass is 16.2. The molecule has 0 unspecified atom stereocenters. The maximum Gasteiger partial charge on any atom is 0.254 e. The smallest absolute Gasteiger partial charge is 0.254 e. The molecule has 0 atom stereocenters. The van der Waals surface area contributed by atoms with Gasteiger partial charge in [0.05, 0.1) is 12.5 Å². The zero-order chi connectivity index (χ0) is 15.2. The van der Waals surface area contributed by atoms with Crippen molar-refractivity contribution in [3.8, 4) is 6.07 Å². The number of hydrazine groups is 1. The van der Waals surface area contributed by atoms with E-state index in [0.29, 0.717) is 24.3 Å². The predicted octanol–water partition coefficient (Wildman–Crippen LogP) is 1.84. The van der Waals surface area contributed by atoms with Gasteiger partial charge in [0, 0.05) is 23.8 Å². The van der Waals surface area contributed by atoms with Crippen LogP contribution in [0.1, 0.15) is 48.7 Å². The molecule has 0 spiro atoms. The van der Waals surface area contributed by atoms with Crippen LogP contribution >= 0.6 is 0 Å². The van der Waals surface area contributed by atoms with E-state index in [-0.39, 0.29) is 11.9 Å². The zero-order valence-electron chi connectivity index (χ0n) is 12.3. The monoisotopic (exact) mass is 287 g/mol. The number of aryl methyl sites for hydroxylation is 1. The van der Waals surface area contributed by atoms with Gasteiger partial charge in [-0.15, -0.1) is 0 Å². The summed E-state index contributed by atoms with van der Waals surface area (Å²) in [6, 6.07) is 5.88. The van der Waals surface area contributed by atoms with Crippen molar-refractivity contribution in [3.63, 3.8) is 0 Å². The molecule has 1 heterocycles. The number of aromatic nitrogens is 1. The fourth-order valence-electron chi connectivity index (χ4n) is 2.34. The van der Waals surface area contributed by atoms with Crippen molar-refractivity contribution in [1.29, 1.82) is 5.26 Å². The minimum absolute atomic E-state index is 0.0380. The SMILES string of the molecule is CCCc1cc(C(=O)N(CCC#N)C2CC2)cc(NN)n1. The molecular formula is C15H21N5O. The highest BCUT2D eigenvalue weighted by Crippen LogP contribution is 2.28. The molecule has 1 amide bonds. The molecule has 1 aliphatic rings. The quantitative estimate of drug-likeness (QED) is 0.589. The van der Waals surface area contributed by atoms with Gasteiger partial charge in [-0.1, -0.05) is 13.3 Å². The minimum Gasteiger partial charge on any atom is -0.335 e. The lowest BCUT2D eigenvalue weighted by Crippen LogP contribution is -2.34. The first-order chi connectivity index (χ1) is 10.2. The molecule has 1 aromatic rings. The van der Waals surface area contributed by atoms with E-state index in [0.717, 1.165) is 31.4 Å². The van der Waals surface area contributed by atoms with Crippen molar-refractivity contribution in [2.75, 3.05) is 12.0 Å². The van der Waals surface area contributed by atoms with Gasteiger partial charge in [0.15, 0.2) is 0 Å². The van der Waals surface area contributed by atoms with E-state index in [1.54, 1.807) is 11.0 Å². The summed E-state index contributed by atoms with van der Waals surface area (Å²) >= 11 is 0. The van der Waals surface area contributed by atoms with Crippen LogP contribution in [0.25, 0.3) is 0 Å². The van der Waals surface area contributed by atoms with Crippen LogP contribution in [0.2, 0.25) is 0 Å². The van der Waals surface area contributed by atoms with Crippen molar-refractivity contribution >= 4 is 11.7 Å². The van der Waals surface area contributed by atoms with E-state index < -0.39 is 0 Å². The maximum atomic E-state index is 12.7. The summed E-state index contributed by atoms with van der Waals surface area (Å²) in [7, 11) is 0. The second-order valence-corrected chi connectivity index (χ2v) is 5.26. The van der Waals surface area contributed by atoms with E-state index in [1.807, 2.05) is 6.07 Å². The van der Waals surface area contributed by atoms with Gasteiger partial charge >= 0.3 is 0 Å². The van der Waals surface area contributed by atoms with Gasteiger partial charge in [0.25, 0.3) is 5.91 Å². The van der Waals surface area contributed by atoms with E-state index >= 15 is 0 Å². The van der Waals surface area contributed by atoms with Crippen molar-refractivity contribution < 1.29 is 4.79 Å². The number of hydrogen-bond donors (Lipinski definition) is 2. The van der Waals surface area contributed by atoms with Crippen molar-refractivity contribution in [2.24, 2.45) is 5.84 Å². The van der Waals surface area contributed by atoms with E-state index in [2.05, 4.69) is 23.4 Å². The van der Waals surface area contributed by atoms with Crippen molar-refractivity contribution in [3.05, 3.63) is 23.4 Å². The third kappa shape index (κ3) is 3.92. The van der Waals surface area contributed by atoms with E-state index in [1.165, 1.54) is 0 Å². The molecule has 21 heavy (non-hydrogen) atoms. The Labute approximate surface area is 124 Å². The van der Waals surface area contributed by atoms with E-state index in [9.17, 15) is 4.79 Å². The Hall–Kier alpha value is -2.13. The number of nitriles is 1. The topological polar surface area (TPSA) is 95.0 Å². The van der Waals surface area contributed by atoms with Crippen LogP contribution in [0.4, 0.5) is 5.82 Å². The lowest BCUT2D eigenvalue weighted by atomic mass is 10.1. The summed E-state index contributed by atoms with van der Waals surface area (Å²) in [5.41, 5.74) is 3.96. The number of amides is 1. The first kappa shape index (κ1) is 15.3. The molecule has 0 aliphatic heterocycles. The summed E-state index contributed by atoms with van der Waals surface area (Å²) < 4.78 is 0. The largest absolute Gasteiger partial charge is 0.335 e. The van der Waals surface area contributed by atoms with Crippen LogP contribution < -0.4 is 11.3 Å². The Bertz CT molecular complexity index is 547. The molecule has 1 aromatic heterocycles. The van der Waals surface area contributed by atoms with Gasteiger partial charge in [-0.05, 0) is 31.4 Å². The molecular weight excluding hydrogens is 266 g/mol. The molecule has 6 heteroatoms. The van der Waals surface area contributed by atoms with Gasteiger partial charge in [0.2, 0.25) is 0 Å². The molecule has 3 N–H and O–H groups in total. The Morgan fingerprint density at radius 2 is 2.33 bits per heavy atom. The van der Waals surface area contributed by atoms with Gasteiger partial charge in [-0.3, -0.25) is 4.79 Å². The number of nitrogens with zero attached hydrogens (tertiary/aromatic N) is 3. The highest BCUT2D eigenvalue weighted by molar-refractivity contribution is 5.95. The number of hydrogen-bond acceptors (Lipinski definition) is 5. The normalized spacial score (nSPS) is 13.6. The molecule has 112 valence electrons. The lowest BCUT2D eigenvalue weighted by molar-refractivity contribution is 0.0746. The number of nitrogens with two attached hydrogens (primary N) is 1. The Kier molecular flexibility index (Phi) is 5.12. The molecule has 1 aliphatic carbocycles. The fraction of sp³-hybridized carbons (Fsp3) is 0.533. The first-order valence-corrected chi connectivity index (χ1v) is 7.35. The van der Waals surface area contributed by atoms with Crippen LogP contribution in [0.3, 0.4) is 0 Å². The van der Waals surface area contributed by atoms with Crippen molar-refractivity contribution in [1.82, 2.24) is 9.88 Å². The molecule has 0 aromatic carbocycles. The number of nitrogens with one attached hydrogen (secondary N) is 1. The Morgan fingerprint density at radius 1 is 1.57 bits per heavy atom. The van der Waals surface area contributed by atoms with E-state index in [4.69, 9.17) is 11.1 Å². The number of anilines is 1. The Balaban J connectivity index is 2.23. The summed E-state index contributed by atoms with van der Waals surface area (Å²) in [5, 5.41) is 8.74.